The van der Waals surface area contributed by atoms with E-state index in [-0.39, 0.29) is 19.5 Å². The quantitative estimate of drug-likeness (QED) is 0.0980. The van der Waals surface area contributed by atoms with Gasteiger partial charge in [0.2, 0.25) is 11.8 Å². The minimum Gasteiger partial charge on any atom is -0.386 e. The largest absolute Gasteiger partial charge is 0.491 e. The Hall–Kier alpha value is -4.62. The molecule has 10 nitrogen and oxygen atoms in total. The van der Waals surface area contributed by atoms with Crippen LogP contribution in [0.2, 0.25) is 10.0 Å². The summed E-state index contributed by atoms with van der Waals surface area (Å²) in [5, 5.41) is 11.1. The molecule has 0 spiro atoms. The van der Waals surface area contributed by atoms with Gasteiger partial charge >= 0.3 is 24.1 Å². The van der Waals surface area contributed by atoms with Crippen LogP contribution in [0.25, 0.3) is 11.1 Å². The van der Waals surface area contributed by atoms with E-state index in [1.54, 1.807) is 42.5 Å². The number of alkyl halides is 3. The number of benzene rings is 3. The molecule has 0 aliphatic carbocycles. The van der Waals surface area contributed by atoms with Crippen LogP contribution in [0.5, 0.6) is 0 Å². The number of ether oxygens (including phenoxy) is 1. The van der Waals surface area contributed by atoms with Gasteiger partial charge in [-0.1, -0.05) is 83.9 Å². The zero-order valence-corrected chi connectivity index (χ0v) is 26.3. The lowest BCUT2D eigenvalue weighted by Crippen LogP contribution is -2.39. The van der Waals surface area contributed by atoms with E-state index in [1.807, 2.05) is 30.3 Å². The molecule has 0 saturated carbocycles. The van der Waals surface area contributed by atoms with Gasteiger partial charge in [0, 0.05) is 29.6 Å². The van der Waals surface area contributed by atoms with Gasteiger partial charge in [0.05, 0.1) is 19.0 Å². The molecule has 15 heteroatoms. The van der Waals surface area contributed by atoms with Crippen LogP contribution in [-0.4, -0.2) is 49.0 Å². The first-order valence-corrected chi connectivity index (χ1v) is 15.1. The molecule has 0 heterocycles. The van der Waals surface area contributed by atoms with E-state index >= 15 is 0 Å². The smallest absolute Gasteiger partial charge is 0.386 e. The Labute approximate surface area is 278 Å². The highest BCUT2D eigenvalue weighted by Crippen LogP contribution is 2.25. The Morgan fingerprint density at radius 3 is 2.13 bits per heavy atom. The van der Waals surface area contributed by atoms with Crippen molar-refractivity contribution in [2.75, 3.05) is 13.1 Å². The molecule has 0 aliphatic heterocycles. The Bertz CT molecular complexity index is 1560. The molecular weight excluding hydrogens is 664 g/mol. The Morgan fingerprint density at radius 2 is 1.47 bits per heavy atom. The number of carbonyl (C=O) groups is 5. The van der Waals surface area contributed by atoms with Crippen LogP contribution >= 0.6 is 23.2 Å². The molecule has 1 unspecified atom stereocenters. The Balaban J connectivity index is 1.44. The first-order valence-electron chi connectivity index (χ1n) is 14.3. The highest BCUT2D eigenvalue weighted by Gasteiger charge is 2.42. The summed E-state index contributed by atoms with van der Waals surface area (Å²) < 4.78 is 41.6. The van der Waals surface area contributed by atoms with Crippen molar-refractivity contribution in [2.24, 2.45) is 0 Å². The summed E-state index contributed by atoms with van der Waals surface area (Å²) in [6.07, 6.45) is -5.24. The molecule has 0 fully saturated rings. The third-order valence-electron chi connectivity index (χ3n) is 6.58. The summed E-state index contributed by atoms with van der Waals surface area (Å²) in [5.41, 5.74) is 2.74. The first-order chi connectivity index (χ1) is 22.3. The third kappa shape index (κ3) is 13.0. The number of unbranched alkanes of at least 4 members (excludes halogenated alkanes) is 1. The summed E-state index contributed by atoms with van der Waals surface area (Å²) in [6, 6.07) is 19.1. The number of urea groups is 1. The van der Waals surface area contributed by atoms with Crippen molar-refractivity contribution >= 4 is 53.0 Å². The Morgan fingerprint density at radius 1 is 0.787 bits per heavy atom. The number of amides is 4. The maximum absolute atomic E-state index is 12.6. The molecule has 3 aromatic carbocycles. The zero-order chi connectivity index (χ0) is 34.4. The maximum Gasteiger partial charge on any atom is 0.491 e. The van der Waals surface area contributed by atoms with Gasteiger partial charge in [-0.25, -0.2) is 9.59 Å². The topological polar surface area (TPSA) is 143 Å². The summed E-state index contributed by atoms with van der Waals surface area (Å²) in [6.45, 7) is -0.00741. The van der Waals surface area contributed by atoms with Gasteiger partial charge in [-0.2, -0.15) is 13.2 Å². The van der Waals surface area contributed by atoms with Crippen molar-refractivity contribution in [3.05, 3.63) is 94.0 Å². The average molecular weight is 696 g/mol. The molecule has 0 radical (unpaired) electrons. The second-order valence-electron chi connectivity index (χ2n) is 10.2. The normalized spacial score (nSPS) is 11.6. The maximum atomic E-state index is 12.6. The molecule has 3 rings (SSSR count). The van der Waals surface area contributed by atoms with Crippen molar-refractivity contribution in [3.8, 4) is 11.1 Å². The van der Waals surface area contributed by atoms with E-state index in [0.717, 1.165) is 11.1 Å². The number of carbonyl (C=O) groups excluding carboxylic acids is 5. The molecule has 0 aromatic heterocycles. The van der Waals surface area contributed by atoms with Crippen molar-refractivity contribution in [3.63, 3.8) is 0 Å². The van der Waals surface area contributed by atoms with E-state index in [4.69, 9.17) is 23.2 Å². The van der Waals surface area contributed by atoms with Crippen molar-refractivity contribution in [1.82, 2.24) is 21.3 Å². The molecule has 4 amide bonds. The highest BCUT2D eigenvalue weighted by molar-refractivity contribution is 6.35. The van der Waals surface area contributed by atoms with E-state index in [0.29, 0.717) is 34.0 Å². The first kappa shape index (κ1) is 36.8. The Kier molecular flexibility index (Phi) is 14.0. The van der Waals surface area contributed by atoms with Gasteiger partial charge in [0.15, 0.2) is 0 Å². The predicted molar refractivity (Wildman–Crippen MR) is 168 cm³/mol. The molecule has 4 N–H and O–H groups in total. The number of nitrogens with one attached hydrogen (secondary N) is 4. The summed E-state index contributed by atoms with van der Waals surface area (Å²) in [7, 11) is 0. The molecule has 0 bridgehead atoms. The van der Waals surface area contributed by atoms with Crippen LogP contribution < -0.4 is 21.3 Å². The molecule has 250 valence electrons. The number of hydrogen-bond donors (Lipinski definition) is 4. The van der Waals surface area contributed by atoms with Crippen molar-refractivity contribution in [1.29, 1.82) is 0 Å². The summed E-state index contributed by atoms with van der Waals surface area (Å²) in [5.74, 6) is -5.35. The molecular formula is C32H31Cl2F3N4O6. The fourth-order valence-corrected chi connectivity index (χ4v) is 4.66. The number of halogens is 5. The molecule has 0 aliphatic rings. The minimum atomic E-state index is -5.37. The average Bonchev–Trinajstić information content (AvgIpc) is 3.03. The minimum absolute atomic E-state index is 0.0488. The predicted octanol–water partition coefficient (Wildman–Crippen LogP) is 5.63. The number of esters is 2. The van der Waals surface area contributed by atoms with E-state index in [1.165, 1.54) is 0 Å². The van der Waals surface area contributed by atoms with Gasteiger partial charge in [0.1, 0.15) is 0 Å². The molecule has 3 aromatic rings. The third-order valence-corrected chi connectivity index (χ3v) is 7.17. The number of rotatable bonds is 14. The highest BCUT2D eigenvalue weighted by atomic mass is 35.5. The van der Waals surface area contributed by atoms with Gasteiger partial charge in [-0.15, -0.1) is 0 Å². The van der Waals surface area contributed by atoms with Crippen LogP contribution in [-0.2, 0) is 30.5 Å². The molecule has 0 saturated heterocycles. The van der Waals surface area contributed by atoms with Crippen LogP contribution in [0.4, 0.5) is 18.0 Å². The summed E-state index contributed by atoms with van der Waals surface area (Å²) >= 11 is 11.9. The van der Waals surface area contributed by atoms with Crippen LogP contribution in [0.1, 0.15) is 42.9 Å². The SMILES string of the molecule is O=C(CCCCNC(=O)NCc1ccc(Cl)cc1Cl)NCC(=O)NC(CC(=O)OC(=O)C(F)(F)F)c1ccc(-c2ccccc2)cc1. The number of hydrogen-bond acceptors (Lipinski definition) is 6. The van der Waals surface area contributed by atoms with Crippen LogP contribution in [0, 0.1) is 0 Å². The second-order valence-corrected chi connectivity index (χ2v) is 11.0. The lowest BCUT2D eigenvalue weighted by Gasteiger charge is -2.19. The fourth-order valence-electron chi connectivity index (χ4n) is 4.19. The second kappa shape index (κ2) is 17.9. The van der Waals surface area contributed by atoms with Gasteiger partial charge < -0.3 is 26.0 Å². The van der Waals surface area contributed by atoms with Gasteiger partial charge in [-0.3, -0.25) is 14.4 Å². The summed E-state index contributed by atoms with van der Waals surface area (Å²) in [4.78, 5) is 60.2. The van der Waals surface area contributed by atoms with Crippen LogP contribution in [0.15, 0.2) is 72.8 Å². The van der Waals surface area contributed by atoms with E-state index < -0.39 is 55.0 Å². The molecule has 1 atom stereocenters. The fraction of sp³-hybridized carbons (Fsp3) is 0.281. The monoisotopic (exact) mass is 694 g/mol. The van der Waals surface area contributed by atoms with E-state index in [2.05, 4.69) is 26.0 Å². The standard InChI is InChI=1S/C32H31Cl2F3N4O6/c33-24-14-13-23(25(34)16-24)18-40-31(46)38-15-5-4-8-27(42)39-19-28(43)41-26(17-29(44)47-30(45)32(35,36)37)22-11-9-21(10-12-22)20-6-2-1-3-7-20/h1-3,6-7,9-14,16,26H,4-5,8,15,17-19H2,(H,39,42)(H,41,43)(H2,38,40,46). The molecule has 47 heavy (non-hydrogen) atoms. The van der Waals surface area contributed by atoms with Crippen LogP contribution in [0.3, 0.4) is 0 Å². The zero-order valence-electron chi connectivity index (χ0n) is 24.8. The van der Waals surface area contributed by atoms with Crippen molar-refractivity contribution in [2.45, 2.75) is 44.4 Å². The lowest BCUT2D eigenvalue weighted by atomic mass is 9.99. The van der Waals surface area contributed by atoms with Gasteiger partial charge in [-0.05, 0) is 47.2 Å². The van der Waals surface area contributed by atoms with Crippen molar-refractivity contribution < 1.29 is 41.9 Å². The van der Waals surface area contributed by atoms with E-state index in [9.17, 15) is 37.1 Å². The van der Waals surface area contributed by atoms with Gasteiger partial charge in [0.25, 0.3) is 0 Å². The lowest BCUT2D eigenvalue weighted by molar-refractivity contribution is -0.202.